The van der Waals surface area contributed by atoms with Crippen LogP contribution in [0.4, 0.5) is 0 Å². The van der Waals surface area contributed by atoms with Crippen LogP contribution in [0.25, 0.3) is 0 Å². The Bertz CT molecular complexity index is 429. The zero-order chi connectivity index (χ0) is 13.1. The number of hydrogen-bond donors (Lipinski definition) is 2. The van der Waals surface area contributed by atoms with Crippen LogP contribution in [-0.2, 0) is 11.3 Å². The molecule has 0 aromatic heterocycles. The lowest BCUT2D eigenvalue weighted by molar-refractivity contribution is -0.126. The van der Waals surface area contributed by atoms with Gasteiger partial charge >= 0.3 is 0 Å². The molecule has 5 heteroatoms. The average Bonchev–Trinajstić information content (AvgIpc) is 2.27. The van der Waals surface area contributed by atoms with Gasteiger partial charge in [0, 0.05) is 11.6 Å². The van der Waals surface area contributed by atoms with Crippen LogP contribution in [0.3, 0.4) is 0 Å². The molecule has 3 nitrogen and oxygen atoms in total. The van der Waals surface area contributed by atoms with Crippen LogP contribution in [0.2, 0.25) is 5.02 Å². The van der Waals surface area contributed by atoms with Crippen LogP contribution in [0.15, 0.2) is 24.3 Å². The summed E-state index contributed by atoms with van der Waals surface area (Å²) in [5.74, 6) is -0.181. The van der Waals surface area contributed by atoms with E-state index in [1.54, 1.807) is 26.0 Å². The minimum absolute atomic E-state index is 0.181. The van der Waals surface area contributed by atoms with E-state index in [1.807, 2.05) is 12.1 Å². The Labute approximate surface area is 111 Å². The molecule has 0 aliphatic rings. The molecule has 0 spiro atoms. The fourth-order valence-electron chi connectivity index (χ4n) is 1.12. The van der Waals surface area contributed by atoms with Crippen LogP contribution < -0.4 is 11.1 Å². The fourth-order valence-corrected chi connectivity index (χ4v) is 1.34. The van der Waals surface area contributed by atoms with Crippen LogP contribution >= 0.6 is 23.8 Å². The summed E-state index contributed by atoms with van der Waals surface area (Å²) in [5.41, 5.74) is 5.66. The Morgan fingerprint density at radius 2 is 1.94 bits per heavy atom. The summed E-state index contributed by atoms with van der Waals surface area (Å²) in [6, 6.07) is 7.27. The van der Waals surface area contributed by atoms with Gasteiger partial charge in [-0.15, -0.1) is 0 Å². The van der Waals surface area contributed by atoms with Gasteiger partial charge in [-0.25, -0.2) is 0 Å². The van der Waals surface area contributed by atoms with Crippen molar-refractivity contribution in [2.75, 3.05) is 0 Å². The Balaban J connectivity index is 2.60. The molecule has 3 N–H and O–H groups in total. The van der Waals surface area contributed by atoms with Gasteiger partial charge in [0.15, 0.2) is 0 Å². The number of amides is 1. The second-order valence-corrected chi connectivity index (χ2v) is 5.17. The molecular formula is C12H15ClN2OS. The van der Waals surface area contributed by atoms with Crippen LogP contribution in [0.5, 0.6) is 0 Å². The summed E-state index contributed by atoms with van der Waals surface area (Å²) in [5, 5.41) is 3.46. The first-order chi connectivity index (χ1) is 7.84. The second kappa shape index (κ2) is 5.47. The number of thiocarbonyl (C=S) groups is 1. The van der Waals surface area contributed by atoms with E-state index in [-0.39, 0.29) is 10.9 Å². The maximum atomic E-state index is 11.8. The van der Waals surface area contributed by atoms with Crippen LogP contribution in [-0.4, -0.2) is 10.9 Å². The first-order valence-corrected chi connectivity index (χ1v) is 5.95. The maximum Gasteiger partial charge on any atom is 0.232 e. The molecule has 92 valence electrons. The minimum Gasteiger partial charge on any atom is -0.392 e. The van der Waals surface area contributed by atoms with E-state index in [0.29, 0.717) is 11.6 Å². The number of nitrogens with two attached hydrogens (primary N) is 1. The fraction of sp³-hybridized carbons (Fsp3) is 0.333. The highest BCUT2D eigenvalue weighted by atomic mass is 35.5. The summed E-state index contributed by atoms with van der Waals surface area (Å²) in [6.45, 7) is 3.83. The maximum absolute atomic E-state index is 11.8. The molecule has 0 fully saturated rings. The van der Waals surface area contributed by atoms with Gasteiger partial charge in [-0.05, 0) is 31.5 Å². The monoisotopic (exact) mass is 270 g/mol. The van der Waals surface area contributed by atoms with Crippen molar-refractivity contribution in [2.24, 2.45) is 11.1 Å². The SMILES string of the molecule is CC(C)(C(=O)NCc1ccc(Cl)cc1)C(N)=S. The van der Waals surface area contributed by atoms with Gasteiger partial charge < -0.3 is 11.1 Å². The molecule has 0 aliphatic heterocycles. The Kier molecular flexibility index (Phi) is 4.48. The summed E-state index contributed by atoms with van der Waals surface area (Å²) in [6.07, 6.45) is 0. The molecule has 1 rings (SSSR count). The van der Waals surface area contributed by atoms with Crippen molar-refractivity contribution in [3.63, 3.8) is 0 Å². The van der Waals surface area contributed by atoms with Crippen molar-refractivity contribution < 1.29 is 4.79 Å². The molecule has 0 radical (unpaired) electrons. The van der Waals surface area contributed by atoms with Crippen molar-refractivity contribution in [2.45, 2.75) is 20.4 Å². The largest absolute Gasteiger partial charge is 0.392 e. The molecule has 17 heavy (non-hydrogen) atoms. The standard InChI is InChI=1S/C12H15ClN2OS/c1-12(2,10(14)17)11(16)15-7-8-3-5-9(13)6-4-8/h3-6H,7H2,1-2H3,(H2,14,17)(H,15,16). The van der Waals surface area contributed by atoms with E-state index in [2.05, 4.69) is 5.32 Å². The molecule has 0 unspecified atom stereocenters. The Hall–Kier alpha value is -1.13. The van der Waals surface area contributed by atoms with E-state index in [9.17, 15) is 4.79 Å². The lowest BCUT2D eigenvalue weighted by Gasteiger charge is -2.21. The molecular weight excluding hydrogens is 256 g/mol. The zero-order valence-corrected chi connectivity index (χ0v) is 11.4. The highest BCUT2D eigenvalue weighted by Gasteiger charge is 2.30. The second-order valence-electron chi connectivity index (χ2n) is 4.30. The third kappa shape index (κ3) is 3.68. The molecule has 0 bridgehead atoms. The number of nitrogens with one attached hydrogen (secondary N) is 1. The number of hydrogen-bond acceptors (Lipinski definition) is 2. The van der Waals surface area contributed by atoms with E-state index >= 15 is 0 Å². The average molecular weight is 271 g/mol. The summed E-state index contributed by atoms with van der Waals surface area (Å²) in [7, 11) is 0. The number of carbonyl (C=O) groups excluding carboxylic acids is 1. The van der Waals surface area contributed by atoms with E-state index in [1.165, 1.54) is 0 Å². The summed E-state index contributed by atoms with van der Waals surface area (Å²) < 4.78 is 0. The molecule has 1 amide bonds. The van der Waals surface area contributed by atoms with Gasteiger partial charge in [0.25, 0.3) is 0 Å². The normalized spacial score (nSPS) is 11.0. The van der Waals surface area contributed by atoms with Gasteiger partial charge in [-0.1, -0.05) is 36.0 Å². The number of halogens is 1. The predicted molar refractivity (Wildman–Crippen MR) is 73.9 cm³/mol. The van der Waals surface area contributed by atoms with Gasteiger partial charge in [0.2, 0.25) is 5.91 Å². The zero-order valence-electron chi connectivity index (χ0n) is 9.79. The predicted octanol–water partition coefficient (Wildman–Crippen LogP) is 2.27. The number of rotatable bonds is 4. The van der Waals surface area contributed by atoms with Crippen LogP contribution in [0, 0.1) is 5.41 Å². The van der Waals surface area contributed by atoms with Crippen molar-refractivity contribution in [3.8, 4) is 0 Å². The van der Waals surface area contributed by atoms with Gasteiger partial charge in [-0.2, -0.15) is 0 Å². The van der Waals surface area contributed by atoms with Crippen molar-refractivity contribution >= 4 is 34.7 Å². The molecule has 0 atom stereocenters. The third-order valence-corrected chi connectivity index (χ3v) is 3.31. The first-order valence-electron chi connectivity index (χ1n) is 5.16. The van der Waals surface area contributed by atoms with Gasteiger partial charge in [0.05, 0.1) is 10.4 Å². The van der Waals surface area contributed by atoms with E-state index < -0.39 is 5.41 Å². The highest BCUT2D eigenvalue weighted by molar-refractivity contribution is 7.80. The molecule has 1 aromatic carbocycles. The molecule has 1 aromatic rings. The quantitative estimate of drug-likeness (QED) is 0.826. The van der Waals surface area contributed by atoms with Gasteiger partial charge in [0.1, 0.15) is 0 Å². The molecule has 0 saturated heterocycles. The lowest BCUT2D eigenvalue weighted by atomic mass is 9.92. The van der Waals surface area contributed by atoms with Crippen molar-refractivity contribution in [1.82, 2.24) is 5.32 Å². The Morgan fingerprint density at radius 1 is 1.41 bits per heavy atom. The topological polar surface area (TPSA) is 55.1 Å². The molecule has 0 saturated carbocycles. The summed E-state index contributed by atoms with van der Waals surface area (Å²) in [4.78, 5) is 12.0. The molecule has 0 aliphatic carbocycles. The summed E-state index contributed by atoms with van der Waals surface area (Å²) >= 11 is 10.6. The number of benzene rings is 1. The minimum atomic E-state index is -0.832. The Morgan fingerprint density at radius 3 is 2.41 bits per heavy atom. The van der Waals surface area contributed by atoms with Crippen molar-refractivity contribution in [3.05, 3.63) is 34.9 Å². The highest BCUT2D eigenvalue weighted by Crippen LogP contribution is 2.16. The third-order valence-electron chi connectivity index (χ3n) is 2.55. The van der Waals surface area contributed by atoms with Crippen molar-refractivity contribution in [1.29, 1.82) is 0 Å². The molecule has 0 heterocycles. The van der Waals surface area contributed by atoms with Gasteiger partial charge in [-0.3, -0.25) is 4.79 Å². The lowest BCUT2D eigenvalue weighted by Crippen LogP contribution is -2.44. The van der Waals surface area contributed by atoms with Crippen LogP contribution in [0.1, 0.15) is 19.4 Å². The van der Waals surface area contributed by atoms with E-state index in [0.717, 1.165) is 5.56 Å². The first kappa shape index (κ1) is 13.9. The number of carbonyl (C=O) groups is 1. The van der Waals surface area contributed by atoms with E-state index in [4.69, 9.17) is 29.6 Å². The smallest absolute Gasteiger partial charge is 0.232 e.